The van der Waals surface area contributed by atoms with Crippen LogP contribution in [0.4, 0.5) is 0 Å². The van der Waals surface area contributed by atoms with Gasteiger partial charge in [-0.25, -0.2) is 0 Å². The molecule has 0 bridgehead atoms. The molecule has 0 saturated carbocycles. The lowest BCUT2D eigenvalue weighted by molar-refractivity contribution is 0.462. The van der Waals surface area contributed by atoms with E-state index in [9.17, 15) is 0 Å². The number of halogens is 2. The van der Waals surface area contributed by atoms with E-state index in [-0.39, 0.29) is 0 Å². The van der Waals surface area contributed by atoms with E-state index in [2.05, 4.69) is 14.0 Å². The van der Waals surface area contributed by atoms with Crippen molar-refractivity contribution >= 4 is 30.9 Å². The molecule has 0 saturated heterocycles. The summed E-state index contributed by atoms with van der Waals surface area (Å²) in [6.07, 6.45) is 0. The predicted octanol–water partition coefficient (Wildman–Crippen LogP) is 2.20. The molecule has 0 aliphatic rings. The molecule has 6 heteroatoms. The minimum Gasteiger partial charge on any atom is -0.152 e. The highest BCUT2D eigenvalue weighted by Gasteiger charge is 2.53. The van der Waals surface area contributed by atoms with Crippen LogP contribution in [0.1, 0.15) is 0 Å². The van der Waals surface area contributed by atoms with Crippen molar-refractivity contribution in [2.24, 2.45) is 0 Å². The van der Waals surface area contributed by atoms with Gasteiger partial charge in [0.05, 0.1) is 0 Å². The first kappa shape index (κ1) is 13.9. The van der Waals surface area contributed by atoms with E-state index < -0.39 is 12.3 Å². The van der Waals surface area contributed by atoms with Crippen LogP contribution in [-0.4, -0.2) is 60.9 Å². The predicted molar refractivity (Wildman–Crippen MR) is 63.5 cm³/mol. The molecule has 0 radical (unpaired) electrons. The molecule has 0 aromatic heterocycles. The molecule has 0 rings (SSSR count). The highest BCUT2D eigenvalue weighted by Crippen LogP contribution is 2.69. The van der Waals surface area contributed by atoms with E-state index in [1.54, 1.807) is 0 Å². The van der Waals surface area contributed by atoms with Crippen molar-refractivity contribution in [3.05, 3.63) is 0 Å². The Morgan fingerprint density at radius 1 is 0.769 bits per heavy atom. The van der Waals surface area contributed by atoms with Crippen LogP contribution in [0.3, 0.4) is 0 Å². The summed E-state index contributed by atoms with van der Waals surface area (Å²) < 4.78 is 5.93. The lowest BCUT2D eigenvalue weighted by Gasteiger charge is -2.40. The van der Waals surface area contributed by atoms with E-state index in [4.69, 9.17) is 23.2 Å². The molecule has 0 unspecified atom stereocenters. The summed E-state index contributed by atoms with van der Waals surface area (Å²) in [5, 5.41) is 0. The molecule has 3 nitrogen and oxygen atoms in total. The molecule has 0 aliphatic heterocycles. The summed E-state index contributed by atoms with van der Waals surface area (Å²) in [4.78, 5) is 0. The Bertz CT molecular complexity index is 124. The molecule has 0 aliphatic carbocycles. The lowest BCUT2D eigenvalue weighted by atomic mass is 11.2. The fourth-order valence-corrected chi connectivity index (χ4v) is 7.93. The maximum absolute atomic E-state index is 6.08. The van der Waals surface area contributed by atoms with Crippen molar-refractivity contribution in [3.8, 4) is 0 Å². The van der Waals surface area contributed by atoms with Gasteiger partial charge in [0, 0.05) is 42.3 Å². The van der Waals surface area contributed by atoms with Crippen LogP contribution in [0.15, 0.2) is 0 Å². The third-order valence-corrected chi connectivity index (χ3v) is 7.66. The topological polar surface area (TPSA) is 9.72 Å². The molecule has 80 valence electrons. The van der Waals surface area contributed by atoms with Gasteiger partial charge < -0.3 is 0 Å². The van der Waals surface area contributed by atoms with Crippen molar-refractivity contribution < 1.29 is 0 Å². The summed E-state index contributed by atoms with van der Waals surface area (Å²) in [5.74, 6) is 0. The Labute approximate surface area is 92.1 Å². The SMILES string of the molecule is CN(C)[P+](C(Cl)Cl)(N(C)C)N(C)C. The second kappa shape index (κ2) is 5.11. The van der Waals surface area contributed by atoms with Gasteiger partial charge in [0.1, 0.15) is 0 Å². The van der Waals surface area contributed by atoms with Crippen molar-refractivity contribution in [3.63, 3.8) is 0 Å². The summed E-state index contributed by atoms with van der Waals surface area (Å²) in [6.45, 7) is 0. The van der Waals surface area contributed by atoms with Crippen molar-refractivity contribution in [2.45, 2.75) is 4.58 Å². The Kier molecular flexibility index (Phi) is 5.46. The summed E-state index contributed by atoms with van der Waals surface area (Å²) in [7, 11) is 10.3. The van der Waals surface area contributed by atoms with Gasteiger partial charge in [0.15, 0.2) is 0 Å². The van der Waals surface area contributed by atoms with Crippen LogP contribution in [0.2, 0.25) is 0 Å². The molecule has 0 N–H and O–H groups in total. The van der Waals surface area contributed by atoms with Crippen molar-refractivity contribution in [2.75, 3.05) is 42.3 Å². The maximum Gasteiger partial charge on any atom is 0.263 e. The van der Waals surface area contributed by atoms with E-state index in [1.165, 1.54) is 0 Å². The molecule has 13 heavy (non-hydrogen) atoms. The molecular weight excluding hydrogens is 228 g/mol. The summed E-state index contributed by atoms with van der Waals surface area (Å²) in [6, 6.07) is 0. The Hall–Kier alpha value is 0.890. The van der Waals surface area contributed by atoms with Crippen molar-refractivity contribution in [1.82, 2.24) is 14.0 Å². The minimum atomic E-state index is -1.75. The van der Waals surface area contributed by atoms with Gasteiger partial charge in [-0.05, 0) is 0 Å². The Balaban J connectivity index is 5.06. The zero-order chi connectivity index (χ0) is 10.8. The smallest absolute Gasteiger partial charge is 0.152 e. The third-order valence-electron chi connectivity index (χ3n) is 2.03. The maximum atomic E-state index is 6.08. The number of rotatable bonds is 4. The monoisotopic (exact) mass is 246 g/mol. The molecular formula is C7H19Cl2N3P+. The van der Waals surface area contributed by atoms with E-state index in [1.807, 2.05) is 42.3 Å². The second-order valence-corrected chi connectivity index (χ2v) is 9.28. The summed E-state index contributed by atoms with van der Waals surface area (Å²) >= 11 is 12.2. The largest absolute Gasteiger partial charge is 0.263 e. The average molecular weight is 247 g/mol. The summed E-state index contributed by atoms with van der Waals surface area (Å²) in [5.41, 5.74) is 0. The molecule has 0 heterocycles. The van der Waals surface area contributed by atoms with E-state index >= 15 is 0 Å². The molecule has 0 spiro atoms. The third kappa shape index (κ3) is 2.47. The zero-order valence-corrected chi connectivity index (χ0v) is 11.5. The van der Waals surface area contributed by atoms with Crippen LogP contribution in [0.5, 0.6) is 0 Å². The normalized spacial score (nSPS) is 13.8. The van der Waals surface area contributed by atoms with Gasteiger partial charge in [-0.2, -0.15) is 14.0 Å². The first-order valence-corrected chi connectivity index (χ1v) is 6.57. The molecule has 0 aromatic rings. The zero-order valence-electron chi connectivity index (χ0n) is 9.12. The van der Waals surface area contributed by atoms with Crippen LogP contribution in [-0.2, 0) is 0 Å². The van der Waals surface area contributed by atoms with Gasteiger partial charge in [-0.1, -0.05) is 23.2 Å². The van der Waals surface area contributed by atoms with Crippen LogP contribution in [0.25, 0.3) is 0 Å². The van der Waals surface area contributed by atoms with Crippen LogP contribution < -0.4 is 0 Å². The fourth-order valence-electron chi connectivity index (χ4n) is 1.60. The van der Waals surface area contributed by atoms with Crippen LogP contribution >= 0.6 is 30.9 Å². The molecule has 0 aromatic carbocycles. The molecule has 0 atom stereocenters. The number of nitrogens with zero attached hydrogens (tertiary/aromatic N) is 3. The molecule has 0 fully saturated rings. The molecule has 0 amide bonds. The fraction of sp³-hybridized carbons (Fsp3) is 1.00. The number of hydrogen-bond donors (Lipinski definition) is 0. The van der Waals surface area contributed by atoms with Gasteiger partial charge >= 0.3 is 0 Å². The highest BCUT2D eigenvalue weighted by atomic mass is 35.5. The van der Waals surface area contributed by atoms with Gasteiger partial charge in [0.25, 0.3) is 12.3 Å². The van der Waals surface area contributed by atoms with Crippen LogP contribution in [0, 0.1) is 0 Å². The average Bonchev–Trinajstić information content (AvgIpc) is 1.82. The standard InChI is InChI=1S/C7H19Cl2N3P/c1-10(2)13(7(8)9,11(3)4)12(5)6/h7H,1-6H3/q+1. The van der Waals surface area contributed by atoms with Gasteiger partial charge in [0.2, 0.25) is 0 Å². The highest BCUT2D eigenvalue weighted by molar-refractivity contribution is 7.72. The van der Waals surface area contributed by atoms with Crippen molar-refractivity contribution in [1.29, 1.82) is 0 Å². The quantitative estimate of drug-likeness (QED) is 0.557. The lowest BCUT2D eigenvalue weighted by Crippen LogP contribution is -2.39. The number of hydrogen-bond acceptors (Lipinski definition) is 3. The first-order chi connectivity index (χ1) is 5.77. The number of alkyl halides is 2. The second-order valence-electron chi connectivity index (χ2n) is 3.43. The Morgan fingerprint density at radius 2 is 1.00 bits per heavy atom. The Morgan fingerprint density at radius 3 is 1.00 bits per heavy atom. The first-order valence-electron chi connectivity index (χ1n) is 3.98. The minimum absolute atomic E-state index is 0.396. The van der Waals surface area contributed by atoms with Gasteiger partial charge in [-0.3, -0.25) is 0 Å². The van der Waals surface area contributed by atoms with Gasteiger partial charge in [-0.15, -0.1) is 0 Å². The van der Waals surface area contributed by atoms with E-state index in [0.717, 1.165) is 0 Å². The van der Waals surface area contributed by atoms with E-state index in [0.29, 0.717) is 0 Å².